The molecule has 2 aromatic carbocycles. The monoisotopic (exact) mass is 476 g/mol. The highest BCUT2D eigenvalue weighted by atomic mass is 19.4. The number of carbonyl (C=O) groups is 1. The van der Waals surface area contributed by atoms with Crippen LogP contribution >= 0.6 is 0 Å². The van der Waals surface area contributed by atoms with E-state index in [-0.39, 0.29) is 36.3 Å². The predicted octanol–water partition coefficient (Wildman–Crippen LogP) is 4.01. The summed E-state index contributed by atoms with van der Waals surface area (Å²) in [6.07, 6.45) is -6.54. The molecule has 0 saturated carbocycles. The number of alkyl halides is 3. The van der Waals surface area contributed by atoms with Gasteiger partial charge in [0, 0.05) is 18.5 Å². The number of benzene rings is 2. The van der Waals surface area contributed by atoms with E-state index in [0.717, 1.165) is 12.5 Å². The topological polar surface area (TPSA) is 81.0 Å². The maximum atomic E-state index is 13.2. The molecular formula is C24H23F3N2O5. The second-order valence-corrected chi connectivity index (χ2v) is 8.17. The Bertz CT molecular complexity index is 1120. The van der Waals surface area contributed by atoms with Crippen LogP contribution in [0, 0.1) is 11.3 Å². The Morgan fingerprint density at radius 3 is 2.76 bits per heavy atom. The van der Waals surface area contributed by atoms with Gasteiger partial charge in [0.15, 0.2) is 17.6 Å². The van der Waals surface area contributed by atoms with Gasteiger partial charge in [-0.2, -0.15) is 18.4 Å². The van der Waals surface area contributed by atoms with Crippen molar-refractivity contribution >= 4 is 5.91 Å². The largest absolute Gasteiger partial charge is 0.493 e. The second kappa shape index (κ2) is 9.16. The standard InChI is InChI=1S/C24H23F3N2O5/c1-15(24(25,26)27)34-19-7-6-17(11-20(19)31-2)22(30)29-9-8-23(21(13-29)32-14-33-23)18-5-3-4-16(10-18)12-28/h3-7,10-11,15,21H,8-9,13-14H2,1-2H3. The number of ether oxygens (including phenoxy) is 4. The first-order chi connectivity index (χ1) is 16.2. The number of amides is 1. The van der Waals surface area contributed by atoms with E-state index in [4.69, 9.17) is 18.9 Å². The molecule has 0 spiro atoms. The molecule has 0 aliphatic carbocycles. The number of carbonyl (C=O) groups excluding carboxylic acids is 1. The first-order valence-corrected chi connectivity index (χ1v) is 10.6. The lowest BCUT2D eigenvalue weighted by Crippen LogP contribution is -2.53. The molecule has 34 heavy (non-hydrogen) atoms. The lowest BCUT2D eigenvalue weighted by atomic mass is 9.81. The fourth-order valence-corrected chi connectivity index (χ4v) is 4.26. The number of rotatable bonds is 5. The van der Waals surface area contributed by atoms with E-state index in [2.05, 4.69) is 6.07 Å². The molecule has 0 bridgehead atoms. The van der Waals surface area contributed by atoms with E-state index < -0.39 is 24.0 Å². The van der Waals surface area contributed by atoms with Crippen LogP contribution in [0.2, 0.25) is 0 Å². The lowest BCUT2D eigenvalue weighted by Gasteiger charge is -2.42. The molecule has 0 aromatic heterocycles. The van der Waals surface area contributed by atoms with Gasteiger partial charge in [0.25, 0.3) is 5.91 Å². The van der Waals surface area contributed by atoms with Crippen molar-refractivity contribution < 1.29 is 36.9 Å². The van der Waals surface area contributed by atoms with Crippen molar-refractivity contribution in [1.82, 2.24) is 4.90 Å². The van der Waals surface area contributed by atoms with Crippen molar-refractivity contribution in [3.05, 3.63) is 59.2 Å². The Morgan fingerprint density at radius 1 is 1.26 bits per heavy atom. The highest BCUT2D eigenvalue weighted by Gasteiger charge is 2.51. The molecule has 2 aliphatic heterocycles. The Balaban J connectivity index is 1.52. The highest BCUT2D eigenvalue weighted by molar-refractivity contribution is 5.95. The number of nitriles is 1. The van der Waals surface area contributed by atoms with E-state index in [1.165, 1.54) is 25.3 Å². The number of likely N-dealkylation sites (tertiary alicyclic amines) is 1. The molecule has 1 amide bonds. The average molecular weight is 476 g/mol. The molecule has 2 aromatic rings. The zero-order valence-electron chi connectivity index (χ0n) is 18.6. The first-order valence-electron chi connectivity index (χ1n) is 10.6. The highest BCUT2D eigenvalue weighted by Crippen LogP contribution is 2.43. The zero-order valence-corrected chi connectivity index (χ0v) is 18.6. The van der Waals surface area contributed by atoms with E-state index >= 15 is 0 Å². The van der Waals surface area contributed by atoms with Crippen molar-refractivity contribution in [1.29, 1.82) is 5.26 Å². The van der Waals surface area contributed by atoms with Crippen molar-refractivity contribution in [3.8, 4) is 17.6 Å². The predicted molar refractivity (Wildman–Crippen MR) is 113 cm³/mol. The third-order valence-electron chi connectivity index (χ3n) is 6.19. The second-order valence-electron chi connectivity index (χ2n) is 8.17. The van der Waals surface area contributed by atoms with Crippen LogP contribution in [0.1, 0.15) is 34.8 Å². The summed E-state index contributed by atoms with van der Waals surface area (Å²) >= 11 is 0. The molecule has 2 aliphatic rings. The Morgan fingerprint density at radius 2 is 2.06 bits per heavy atom. The quantitative estimate of drug-likeness (QED) is 0.649. The minimum atomic E-state index is -4.53. The van der Waals surface area contributed by atoms with E-state index in [0.29, 0.717) is 18.5 Å². The Hall–Kier alpha value is -3.29. The zero-order chi connectivity index (χ0) is 24.5. The SMILES string of the molecule is COc1cc(C(=O)N2CCC3(c4cccc(C#N)c4)OCOC3C2)ccc1OC(C)C(F)(F)F. The molecule has 2 saturated heterocycles. The van der Waals surface area contributed by atoms with Gasteiger partial charge in [-0.25, -0.2) is 0 Å². The third-order valence-corrected chi connectivity index (χ3v) is 6.19. The van der Waals surface area contributed by atoms with Gasteiger partial charge in [0.05, 0.1) is 25.3 Å². The molecule has 4 rings (SSSR count). The summed E-state index contributed by atoms with van der Waals surface area (Å²) in [7, 11) is 1.29. The summed E-state index contributed by atoms with van der Waals surface area (Å²) < 4.78 is 60.5. The molecule has 7 nitrogen and oxygen atoms in total. The molecule has 0 N–H and O–H groups in total. The maximum absolute atomic E-state index is 13.2. The van der Waals surface area contributed by atoms with Crippen molar-refractivity contribution in [2.45, 2.75) is 37.3 Å². The van der Waals surface area contributed by atoms with Crippen LogP contribution in [0.3, 0.4) is 0 Å². The summed E-state index contributed by atoms with van der Waals surface area (Å²) in [6, 6.07) is 13.3. The first kappa shape index (κ1) is 23.9. The number of piperidine rings is 1. The van der Waals surface area contributed by atoms with Gasteiger partial charge in [-0.3, -0.25) is 4.79 Å². The van der Waals surface area contributed by atoms with Gasteiger partial charge < -0.3 is 23.8 Å². The van der Waals surface area contributed by atoms with Crippen LogP contribution in [0.25, 0.3) is 0 Å². The summed E-state index contributed by atoms with van der Waals surface area (Å²) in [6.45, 7) is 1.58. The van der Waals surface area contributed by atoms with E-state index in [9.17, 15) is 23.2 Å². The lowest BCUT2D eigenvalue weighted by molar-refractivity contribution is -0.189. The summed E-state index contributed by atoms with van der Waals surface area (Å²) in [5.74, 6) is -0.392. The normalized spacial score (nSPS) is 23.1. The van der Waals surface area contributed by atoms with Crippen LogP contribution < -0.4 is 9.47 Å². The number of hydrogen-bond acceptors (Lipinski definition) is 6. The fraction of sp³-hybridized carbons (Fsp3) is 0.417. The summed E-state index contributed by atoms with van der Waals surface area (Å²) in [5, 5.41) is 9.24. The molecule has 2 heterocycles. The number of methoxy groups -OCH3 is 1. The Labute approximate surface area is 194 Å². The van der Waals surface area contributed by atoms with Gasteiger partial charge in [0.1, 0.15) is 18.5 Å². The molecule has 3 unspecified atom stereocenters. The molecular weight excluding hydrogens is 453 g/mol. The number of nitrogens with zero attached hydrogens (tertiary/aromatic N) is 2. The van der Waals surface area contributed by atoms with Crippen LogP contribution in [-0.4, -0.2) is 56.2 Å². The van der Waals surface area contributed by atoms with Crippen LogP contribution in [0.5, 0.6) is 11.5 Å². The smallest absolute Gasteiger partial charge is 0.425 e. The van der Waals surface area contributed by atoms with Gasteiger partial charge in [-0.1, -0.05) is 12.1 Å². The van der Waals surface area contributed by atoms with E-state index in [1.54, 1.807) is 23.1 Å². The van der Waals surface area contributed by atoms with E-state index in [1.807, 2.05) is 6.07 Å². The van der Waals surface area contributed by atoms with Crippen LogP contribution in [0.15, 0.2) is 42.5 Å². The molecule has 2 fully saturated rings. The van der Waals surface area contributed by atoms with Crippen molar-refractivity contribution in [2.24, 2.45) is 0 Å². The summed E-state index contributed by atoms with van der Waals surface area (Å²) in [4.78, 5) is 14.8. The van der Waals surface area contributed by atoms with Crippen molar-refractivity contribution in [2.75, 3.05) is 27.0 Å². The van der Waals surface area contributed by atoms with Gasteiger partial charge in [0.2, 0.25) is 0 Å². The molecule has 180 valence electrons. The van der Waals surface area contributed by atoms with Crippen LogP contribution in [0.4, 0.5) is 13.2 Å². The maximum Gasteiger partial charge on any atom is 0.425 e. The van der Waals surface area contributed by atoms with Crippen molar-refractivity contribution in [3.63, 3.8) is 0 Å². The number of hydrogen-bond donors (Lipinski definition) is 0. The average Bonchev–Trinajstić information content (AvgIpc) is 3.27. The minimum absolute atomic E-state index is 0.0297. The Kier molecular flexibility index (Phi) is 6.43. The van der Waals surface area contributed by atoms with Gasteiger partial charge in [-0.05, 0) is 42.8 Å². The third kappa shape index (κ3) is 4.41. The number of fused-ring (bicyclic) bond motifs is 1. The van der Waals surface area contributed by atoms with Gasteiger partial charge >= 0.3 is 6.18 Å². The minimum Gasteiger partial charge on any atom is -0.493 e. The molecule has 10 heteroatoms. The summed E-state index contributed by atoms with van der Waals surface area (Å²) in [5.41, 5.74) is 0.825. The molecule has 0 radical (unpaired) electrons. The number of halogens is 3. The fourth-order valence-electron chi connectivity index (χ4n) is 4.26. The van der Waals surface area contributed by atoms with Crippen LogP contribution in [-0.2, 0) is 15.1 Å². The molecule has 3 atom stereocenters. The van der Waals surface area contributed by atoms with Gasteiger partial charge in [-0.15, -0.1) is 0 Å².